The zero-order valence-electron chi connectivity index (χ0n) is 10.2. The zero-order valence-corrected chi connectivity index (χ0v) is 10.2. The monoisotopic (exact) mass is 253 g/mol. The average molecular weight is 253 g/mol. The maximum absolute atomic E-state index is 5.73. The molecule has 0 aliphatic carbocycles. The van der Waals surface area contributed by atoms with E-state index in [4.69, 9.17) is 5.73 Å². The lowest BCUT2D eigenvalue weighted by Gasteiger charge is -2.06. The number of nitrogens with two attached hydrogens (primary N) is 1. The van der Waals surface area contributed by atoms with Crippen LogP contribution in [0.25, 0.3) is 17.3 Å². The third-order valence-electron chi connectivity index (χ3n) is 2.63. The molecule has 3 aromatic heterocycles. The summed E-state index contributed by atoms with van der Waals surface area (Å²) in [6, 6.07) is 3.68. The van der Waals surface area contributed by atoms with Crippen LogP contribution in [0.5, 0.6) is 0 Å². The number of aromatic nitrogens is 6. The third kappa shape index (κ3) is 2.13. The van der Waals surface area contributed by atoms with Gasteiger partial charge < -0.3 is 5.73 Å². The molecule has 0 aliphatic rings. The van der Waals surface area contributed by atoms with Gasteiger partial charge >= 0.3 is 0 Å². The minimum absolute atomic E-state index is 0.152. The molecule has 0 saturated heterocycles. The van der Waals surface area contributed by atoms with Crippen molar-refractivity contribution in [3.63, 3.8) is 0 Å². The van der Waals surface area contributed by atoms with Gasteiger partial charge in [-0.15, -0.1) is 0 Å². The molecule has 0 aliphatic heterocycles. The van der Waals surface area contributed by atoms with Gasteiger partial charge in [0, 0.05) is 30.4 Å². The Morgan fingerprint density at radius 3 is 2.79 bits per heavy atom. The second kappa shape index (κ2) is 4.45. The van der Waals surface area contributed by atoms with Crippen LogP contribution in [0.1, 0.15) is 5.56 Å². The third-order valence-corrected chi connectivity index (χ3v) is 2.63. The minimum atomic E-state index is 0.152. The first-order chi connectivity index (χ1) is 9.24. The zero-order chi connectivity index (χ0) is 13.2. The highest BCUT2D eigenvalue weighted by atomic mass is 15.4. The number of rotatable bonds is 2. The van der Waals surface area contributed by atoms with E-state index in [9.17, 15) is 0 Å². The fraction of sp³-hybridized carbons (Fsp3) is 0.0833. The molecule has 3 aromatic rings. The molecule has 0 aromatic carbocycles. The van der Waals surface area contributed by atoms with Gasteiger partial charge in [0.05, 0.1) is 0 Å². The highest BCUT2D eigenvalue weighted by Crippen LogP contribution is 2.19. The molecule has 94 valence electrons. The van der Waals surface area contributed by atoms with E-state index in [1.54, 1.807) is 30.9 Å². The van der Waals surface area contributed by atoms with E-state index >= 15 is 0 Å². The van der Waals surface area contributed by atoms with Gasteiger partial charge in [0.25, 0.3) is 5.95 Å². The molecule has 0 saturated carbocycles. The minimum Gasteiger partial charge on any atom is -0.368 e. The first-order valence-electron chi connectivity index (χ1n) is 5.66. The number of nitrogens with zero attached hydrogens (tertiary/aromatic N) is 6. The summed E-state index contributed by atoms with van der Waals surface area (Å²) in [7, 11) is 0. The summed E-state index contributed by atoms with van der Waals surface area (Å²) < 4.78 is 1.53. The maximum Gasteiger partial charge on any atom is 0.255 e. The number of hydrogen-bond donors (Lipinski definition) is 1. The summed E-state index contributed by atoms with van der Waals surface area (Å²) >= 11 is 0. The fourth-order valence-corrected chi connectivity index (χ4v) is 1.69. The maximum atomic E-state index is 5.73. The molecule has 7 nitrogen and oxygen atoms in total. The van der Waals surface area contributed by atoms with Gasteiger partial charge in [-0.2, -0.15) is 20.1 Å². The molecule has 0 bridgehead atoms. The molecular formula is C12H11N7. The van der Waals surface area contributed by atoms with Crippen molar-refractivity contribution in [3.05, 3.63) is 42.5 Å². The van der Waals surface area contributed by atoms with Crippen LogP contribution < -0.4 is 5.73 Å². The van der Waals surface area contributed by atoms with Crippen molar-refractivity contribution in [2.75, 3.05) is 5.73 Å². The Bertz CT molecular complexity index is 706. The predicted molar refractivity (Wildman–Crippen MR) is 69.3 cm³/mol. The molecule has 0 atom stereocenters. The Morgan fingerprint density at radius 2 is 2.05 bits per heavy atom. The van der Waals surface area contributed by atoms with Crippen LogP contribution in [-0.2, 0) is 0 Å². The molecule has 7 heteroatoms. The van der Waals surface area contributed by atoms with Crippen LogP contribution in [0.4, 0.5) is 5.95 Å². The second-order valence-corrected chi connectivity index (χ2v) is 3.96. The summed E-state index contributed by atoms with van der Waals surface area (Å²) in [5, 5.41) is 4.08. The van der Waals surface area contributed by atoms with Crippen molar-refractivity contribution in [2.45, 2.75) is 6.92 Å². The highest BCUT2D eigenvalue weighted by Gasteiger charge is 2.10. The first-order valence-corrected chi connectivity index (χ1v) is 5.66. The van der Waals surface area contributed by atoms with Crippen LogP contribution in [-0.4, -0.2) is 29.7 Å². The van der Waals surface area contributed by atoms with E-state index < -0.39 is 0 Å². The number of pyridine rings is 1. The van der Waals surface area contributed by atoms with Gasteiger partial charge in [0.1, 0.15) is 0 Å². The van der Waals surface area contributed by atoms with Crippen LogP contribution >= 0.6 is 0 Å². The Kier molecular flexibility index (Phi) is 2.64. The summed E-state index contributed by atoms with van der Waals surface area (Å²) in [5.41, 5.74) is 7.57. The van der Waals surface area contributed by atoms with E-state index in [-0.39, 0.29) is 5.95 Å². The van der Waals surface area contributed by atoms with Crippen molar-refractivity contribution in [1.82, 2.24) is 29.7 Å². The van der Waals surface area contributed by atoms with Crippen LogP contribution in [0, 0.1) is 6.92 Å². The summed E-state index contributed by atoms with van der Waals surface area (Å²) in [4.78, 5) is 16.7. The molecule has 0 spiro atoms. The van der Waals surface area contributed by atoms with E-state index in [2.05, 4.69) is 25.0 Å². The van der Waals surface area contributed by atoms with Crippen LogP contribution in [0.3, 0.4) is 0 Å². The average Bonchev–Trinajstić information content (AvgIpc) is 2.92. The Hall–Kier alpha value is -2.83. The first kappa shape index (κ1) is 11.3. The van der Waals surface area contributed by atoms with Gasteiger partial charge in [-0.1, -0.05) is 0 Å². The molecule has 0 amide bonds. The molecule has 3 heterocycles. The number of aryl methyl sites for hydroxylation is 1. The SMILES string of the molecule is Cc1ccncc1-c1nc(N)nc(-n2cccn2)n1. The van der Waals surface area contributed by atoms with Crippen molar-refractivity contribution in [1.29, 1.82) is 0 Å². The molecule has 0 radical (unpaired) electrons. The summed E-state index contributed by atoms with van der Waals surface area (Å²) in [6.07, 6.45) is 6.82. The molecule has 0 fully saturated rings. The smallest absolute Gasteiger partial charge is 0.255 e. The van der Waals surface area contributed by atoms with Gasteiger partial charge in [-0.05, 0) is 24.6 Å². The normalized spacial score (nSPS) is 10.6. The van der Waals surface area contributed by atoms with E-state index in [1.807, 2.05) is 13.0 Å². The van der Waals surface area contributed by atoms with Gasteiger partial charge in [-0.25, -0.2) is 4.68 Å². The van der Waals surface area contributed by atoms with E-state index in [0.717, 1.165) is 11.1 Å². The Labute approximate surface area is 109 Å². The Balaban J connectivity index is 2.16. The lowest BCUT2D eigenvalue weighted by molar-refractivity contribution is 0.801. The van der Waals surface area contributed by atoms with Gasteiger partial charge in [-0.3, -0.25) is 4.98 Å². The molecule has 19 heavy (non-hydrogen) atoms. The summed E-state index contributed by atoms with van der Waals surface area (Å²) in [5.74, 6) is 1.03. The van der Waals surface area contributed by atoms with Crippen molar-refractivity contribution < 1.29 is 0 Å². The lowest BCUT2D eigenvalue weighted by atomic mass is 10.1. The molecule has 2 N–H and O–H groups in total. The van der Waals surface area contributed by atoms with Gasteiger partial charge in [0.2, 0.25) is 5.95 Å². The van der Waals surface area contributed by atoms with Crippen LogP contribution in [0.2, 0.25) is 0 Å². The standard InChI is InChI=1S/C12H11N7/c1-8-3-5-14-7-9(8)10-16-11(13)18-12(17-10)19-6-2-4-15-19/h2-7H,1H3,(H2,13,16,17,18). The van der Waals surface area contributed by atoms with Crippen molar-refractivity contribution >= 4 is 5.95 Å². The van der Waals surface area contributed by atoms with Crippen molar-refractivity contribution in [3.8, 4) is 17.3 Å². The quantitative estimate of drug-likeness (QED) is 0.732. The number of nitrogen functional groups attached to an aromatic ring is 1. The lowest BCUT2D eigenvalue weighted by Crippen LogP contribution is -2.08. The van der Waals surface area contributed by atoms with E-state index in [1.165, 1.54) is 4.68 Å². The van der Waals surface area contributed by atoms with Gasteiger partial charge in [0.15, 0.2) is 5.82 Å². The fourth-order valence-electron chi connectivity index (χ4n) is 1.69. The molecule has 3 rings (SSSR count). The topological polar surface area (TPSA) is 95.4 Å². The van der Waals surface area contributed by atoms with Crippen LogP contribution in [0.15, 0.2) is 36.9 Å². The molecular weight excluding hydrogens is 242 g/mol. The second-order valence-electron chi connectivity index (χ2n) is 3.96. The van der Waals surface area contributed by atoms with E-state index in [0.29, 0.717) is 11.8 Å². The highest BCUT2D eigenvalue weighted by molar-refractivity contribution is 5.59. The van der Waals surface area contributed by atoms with Crippen molar-refractivity contribution in [2.24, 2.45) is 0 Å². The number of hydrogen-bond acceptors (Lipinski definition) is 6. The molecule has 0 unspecified atom stereocenters. The number of anilines is 1. The predicted octanol–water partition coefficient (Wildman–Crippen LogP) is 1.01. The Morgan fingerprint density at radius 1 is 1.16 bits per heavy atom. The largest absolute Gasteiger partial charge is 0.368 e. The summed E-state index contributed by atoms with van der Waals surface area (Å²) in [6.45, 7) is 1.96.